The smallest absolute Gasteiger partial charge is 0.463 e. The van der Waals surface area contributed by atoms with Gasteiger partial charge in [0.1, 0.15) is 0 Å². The molecule has 0 fully saturated rings. The lowest BCUT2D eigenvalue weighted by Gasteiger charge is -2.23. The van der Waals surface area contributed by atoms with E-state index in [9.17, 15) is 4.79 Å². The van der Waals surface area contributed by atoms with Gasteiger partial charge in [-0.3, -0.25) is 4.99 Å². The summed E-state index contributed by atoms with van der Waals surface area (Å²) in [6.45, 7) is 3.14. The van der Waals surface area contributed by atoms with Crippen molar-refractivity contribution in [2.45, 2.75) is 19.4 Å². The standard InChI is InChI=1S/C10H20O5Si.C3H5NS/c1-5-7-10(11)15-8-6-9-16(12-2,13-3)14-4;1-2-5-3-4-1/h5,7H,6,8-9H2,1-4H3;3H,1-2H2. The highest BCUT2D eigenvalue weighted by molar-refractivity contribution is 8.12. The van der Waals surface area contributed by atoms with Gasteiger partial charge in [0.25, 0.3) is 0 Å². The third-order valence-electron chi connectivity index (χ3n) is 2.59. The van der Waals surface area contributed by atoms with E-state index in [1.807, 2.05) is 5.55 Å². The van der Waals surface area contributed by atoms with Crippen molar-refractivity contribution >= 4 is 32.1 Å². The molecule has 1 aliphatic heterocycles. The number of allylic oxidation sites excluding steroid dienone is 1. The van der Waals surface area contributed by atoms with Crippen molar-refractivity contribution in [3.05, 3.63) is 12.2 Å². The van der Waals surface area contributed by atoms with Gasteiger partial charge in [-0.15, -0.1) is 11.8 Å². The van der Waals surface area contributed by atoms with Crippen LogP contribution >= 0.6 is 11.8 Å². The summed E-state index contributed by atoms with van der Waals surface area (Å²) in [4.78, 5) is 14.9. The lowest BCUT2D eigenvalue weighted by atomic mass is 10.5. The first kappa shape index (κ1) is 20.3. The second-order valence-electron chi connectivity index (χ2n) is 3.95. The van der Waals surface area contributed by atoms with E-state index in [0.717, 1.165) is 6.54 Å². The van der Waals surface area contributed by atoms with Gasteiger partial charge >= 0.3 is 14.8 Å². The molecule has 0 N–H and O–H groups in total. The predicted molar refractivity (Wildman–Crippen MR) is 87.8 cm³/mol. The highest BCUT2D eigenvalue weighted by Crippen LogP contribution is 2.14. The van der Waals surface area contributed by atoms with Gasteiger partial charge in [-0.05, 0) is 13.3 Å². The Morgan fingerprint density at radius 2 is 2.00 bits per heavy atom. The van der Waals surface area contributed by atoms with Gasteiger partial charge in [0.15, 0.2) is 0 Å². The third-order valence-corrected chi connectivity index (χ3v) is 6.14. The van der Waals surface area contributed by atoms with E-state index in [-0.39, 0.29) is 5.97 Å². The molecule has 0 aromatic rings. The molecule has 0 saturated carbocycles. The van der Waals surface area contributed by atoms with Crippen LogP contribution in [0.3, 0.4) is 0 Å². The zero-order chi connectivity index (χ0) is 16.0. The second kappa shape index (κ2) is 13.0. The van der Waals surface area contributed by atoms with Gasteiger partial charge in [0.05, 0.1) is 12.2 Å². The number of thioether (sulfide) groups is 1. The first-order valence-electron chi connectivity index (χ1n) is 6.69. The average molecular weight is 335 g/mol. The predicted octanol–water partition coefficient (Wildman–Crippen LogP) is 2.14. The molecule has 0 aromatic heterocycles. The first-order chi connectivity index (χ1) is 10.1. The summed E-state index contributed by atoms with van der Waals surface area (Å²) in [5, 5.41) is 0. The van der Waals surface area contributed by atoms with Crippen LogP contribution in [0, 0.1) is 0 Å². The summed E-state index contributed by atoms with van der Waals surface area (Å²) < 4.78 is 20.6. The van der Waals surface area contributed by atoms with Crippen molar-refractivity contribution in [3.8, 4) is 0 Å². The van der Waals surface area contributed by atoms with Crippen LogP contribution < -0.4 is 0 Å². The Morgan fingerprint density at radius 1 is 1.33 bits per heavy atom. The molecule has 1 aliphatic rings. The van der Waals surface area contributed by atoms with Gasteiger partial charge in [-0.2, -0.15) is 0 Å². The molecule has 0 bridgehead atoms. The zero-order valence-corrected chi connectivity index (χ0v) is 15.0. The molecular formula is C13H25NO5SSi. The number of hydrogen-bond donors (Lipinski definition) is 0. The molecule has 0 atom stereocenters. The summed E-state index contributed by atoms with van der Waals surface area (Å²) in [5.74, 6) is 0.863. The van der Waals surface area contributed by atoms with Crippen molar-refractivity contribution in [1.29, 1.82) is 0 Å². The number of carbonyl (C=O) groups is 1. The molecule has 21 heavy (non-hydrogen) atoms. The minimum atomic E-state index is -2.52. The largest absolute Gasteiger partial charge is 0.500 e. The lowest BCUT2D eigenvalue weighted by molar-refractivity contribution is -0.137. The third kappa shape index (κ3) is 9.80. The summed E-state index contributed by atoms with van der Waals surface area (Å²) in [6, 6.07) is 0.625. The maximum absolute atomic E-state index is 11.0. The molecule has 0 unspecified atom stereocenters. The molecule has 1 rings (SSSR count). The Bertz CT molecular complexity index is 320. The molecule has 0 aromatic carbocycles. The Hall–Kier alpha value is -0.673. The fraction of sp³-hybridized carbons (Fsp3) is 0.692. The van der Waals surface area contributed by atoms with Crippen LogP contribution in [0.15, 0.2) is 17.1 Å². The van der Waals surface area contributed by atoms with E-state index in [1.54, 1.807) is 46.1 Å². The monoisotopic (exact) mass is 335 g/mol. The van der Waals surface area contributed by atoms with Crippen molar-refractivity contribution < 1.29 is 22.8 Å². The fourth-order valence-electron chi connectivity index (χ4n) is 1.47. The van der Waals surface area contributed by atoms with Crippen LogP contribution in [0.5, 0.6) is 0 Å². The van der Waals surface area contributed by atoms with E-state index in [0.29, 0.717) is 19.1 Å². The summed E-state index contributed by atoms with van der Waals surface area (Å²) >= 11 is 1.78. The Kier molecular flexibility index (Phi) is 12.6. The van der Waals surface area contributed by atoms with Gasteiger partial charge in [0.2, 0.25) is 0 Å². The minimum Gasteiger partial charge on any atom is -0.463 e. The molecule has 8 heteroatoms. The van der Waals surface area contributed by atoms with Crippen LogP contribution in [0.25, 0.3) is 0 Å². The van der Waals surface area contributed by atoms with E-state index in [4.69, 9.17) is 18.0 Å². The topological polar surface area (TPSA) is 66.4 Å². The van der Waals surface area contributed by atoms with E-state index in [1.165, 1.54) is 11.8 Å². The number of aliphatic imine (C=N–C) groups is 1. The molecule has 0 radical (unpaired) electrons. The summed E-state index contributed by atoms with van der Waals surface area (Å²) in [5.41, 5.74) is 1.90. The molecule has 6 nitrogen and oxygen atoms in total. The minimum absolute atomic E-state index is 0.331. The van der Waals surface area contributed by atoms with Crippen molar-refractivity contribution in [2.24, 2.45) is 4.99 Å². The first-order valence-corrected chi connectivity index (χ1v) is 9.67. The van der Waals surface area contributed by atoms with Crippen LogP contribution in [0.1, 0.15) is 13.3 Å². The van der Waals surface area contributed by atoms with E-state index >= 15 is 0 Å². The van der Waals surface area contributed by atoms with Gasteiger partial charge in [-0.1, -0.05) is 6.08 Å². The normalized spacial score (nSPS) is 14.1. The second-order valence-corrected chi connectivity index (χ2v) is 7.99. The van der Waals surface area contributed by atoms with Gasteiger partial charge in [0, 0.05) is 45.7 Å². The van der Waals surface area contributed by atoms with Crippen LogP contribution in [-0.4, -0.2) is 60.6 Å². The Balaban J connectivity index is 0.000000662. The number of carbonyl (C=O) groups excluding carboxylic acids is 1. The van der Waals surface area contributed by atoms with Crippen LogP contribution in [0.4, 0.5) is 0 Å². The average Bonchev–Trinajstić information content (AvgIpc) is 3.08. The highest BCUT2D eigenvalue weighted by Gasteiger charge is 2.36. The number of esters is 1. The molecule has 122 valence electrons. The Labute approximate surface area is 132 Å². The number of rotatable bonds is 8. The molecular weight excluding hydrogens is 310 g/mol. The molecule has 0 spiro atoms. The highest BCUT2D eigenvalue weighted by atomic mass is 32.2. The molecule has 0 amide bonds. The van der Waals surface area contributed by atoms with Crippen molar-refractivity contribution in [1.82, 2.24) is 0 Å². The maximum Gasteiger partial charge on any atom is 0.500 e. The zero-order valence-electron chi connectivity index (χ0n) is 13.2. The molecule has 0 aliphatic carbocycles. The number of nitrogens with zero attached hydrogens (tertiary/aromatic N) is 1. The van der Waals surface area contributed by atoms with Gasteiger partial charge < -0.3 is 18.0 Å². The van der Waals surface area contributed by atoms with Crippen molar-refractivity contribution in [2.75, 3.05) is 40.2 Å². The molecule has 0 saturated heterocycles. The fourth-order valence-corrected chi connectivity index (χ4v) is 3.68. The van der Waals surface area contributed by atoms with E-state index in [2.05, 4.69) is 4.99 Å². The van der Waals surface area contributed by atoms with E-state index < -0.39 is 8.80 Å². The van der Waals surface area contributed by atoms with Crippen LogP contribution in [0.2, 0.25) is 6.04 Å². The maximum atomic E-state index is 11.0. The lowest BCUT2D eigenvalue weighted by Crippen LogP contribution is -2.42. The quantitative estimate of drug-likeness (QED) is 0.293. The summed E-state index contributed by atoms with van der Waals surface area (Å²) in [7, 11) is 2.16. The SMILES string of the molecule is C1=NCCS1.CC=CC(=O)OCCC[Si](OC)(OC)OC. The number of hydrogen-bond acceptors (Lipinski definition) is 7. The number of ether oxygens (including phenoxy) is 1. The van der Waals surface area contributed by atoms with Crippen LogP contribution in [-0.2, 0) is 22.8 Å². The van der Waals surface area contributed by atoms with Crippen molar-refractivity contribution in [3.63, 3.8) is 0 Å². The molecule has 1 heterocycles. The van der Waals surface area contributed by atoms with Gasteiger partial charge in [-0.25, -0.2) is 4.79 Å². The summed E-state index contributed by atoms with van der Waals surface area (Å²) in [6.07, 6.45) is 3.68. The Morgan fingerprint density at radius 3 is 2.38 bits per heavy atom.